The number of carboxylic acids is 1. The second-order valence-electron chi connectivity index (χ2n) is 7.38. The molecule has 34 heavy (non-hydrogen) atoms. The van der Waals surface area contributed by atoms with Crippen LogP contribution in [0.2, 0.25) is 0 Å². The van der Waals surface area contributed by atoms with Crippen molar-refractivity contribution in [3.05, 3.63) is 58.4 Å². The number of hydrogen-bond acceptors (Lipinski definition) is 5. The van der Waals surface area contributed by atoms with Gasteiger partial charge in [0.2, 0.25) is 0 Å². The summed E-state index contributed by atoms with van der Waals surface area (Å²) in [5.41, 5.74) is 8.38. The standard InChI is InChI=1S/C20H19N5OS.C2HF3O2/c1-12-6-13(2)8-15(7-12)25(3)20(26)22-14-4-5-16-17(9-14)24-19(23-16)18-10-27-11-21-18;3-2(4,5)1(6)7/h4-11H,1-3H3,(H,22,26)(H,23,24);(H,6,7). The molecule has 0 spiro atoms. The number of alkyl halides is 3. The molecule has 2 aromatic carbocycles. The molecule has 4 aromatic rings. The Hall–Kier alpha value is -3.93. The largest absolute Gasteiger partial charge is 0.542 e. The number of halogens is 3. The van der Waals surface area contributed by atoms with Crippen molar-refractivity contribution in [1.82, 2.24) is 9.97 Å². The van der Waals surface area contributed by atoms with E-state index in [1.165, 1.54) is 0 Å². The Morgan fingerprint density at radius 1 is 1.15 bits per heavy atom. The van der Waals surface area contributed by atoms with E-state index >= 15 is 0 Å². The molecule has 178 valence electrons. The monoisotopic (exact) mass is 491 g/mol. The summed E-state index contributed by atoms with van der Waals surface area (Å²) in [6.07, 6.45) is -5.19. The molecular weight excluding hydrogens is 471 g/mol. The number of aromatic amines is 2. The third-order valence-corrected chi connectivity index (χ3v) is 5.19. The van der Waals surface area contributed by atoms with Gasteiger partial charge in [-0.1, -0.05) is 6.07 Å². The molecule has 2 aromatic heterocycles. The first-order valence-electron chi connectivity index (χ1n) is 9.79. The van der Waals surface area contributed by atoms with Gasteiger partial charge in [0.1, 0.15) is 5.97 Å². The Kier molecular flexibility index (Phi) is 7.20. The lowest BCUT2D eigenvalue weighted by molar-refractivity contribution is -0.344. The van der Waals surface area contributed by atoms with Crippen LogP contribution in [-0.4, -0.2) is 35.2 Å². The first-order valence-corrected chi connectivity index (χ1v) is 10.7. The van der Waals surface area contributed by atoms with Crippen molar-refractivity contribution >= 4 is 45.7 Å². The second-order valence-corrected chi connectivity index (χ2v) is 8.10. The molecule has 0 bridgehead atoms. The molecular formula is C22H20F3N5O3S. The van der Waals surface area contributed by atoms with E-state index in [1.54, 1.807) is 28.8 Å². The summed E-state index contributed by atoms with van der Waals surface area (Å²) < 4.78 is 31.5. The van der Waals surface area contributed by atoms with Crippen LogP contribution in [0.3, 0.4) is 0 Å². The van der Waals surface area contributed by atoms with Crippen molar-refractivity contribution in [2.75, 3.05) is 17.3 Å². The van der Waals surface area contributed by atoms with E-state index in [2.05, 4.69) is 26.3 Å². The first kappa shape index (κ1) is 24.7. The average molecular weight is 491 g/mol. The average Bonchev–Trinajstić information content (AvgIpc) is 3.41. The number of benzene rings is 2. The number of carbonyl (C=O) groups excluding carboxylic acids is 2. The highest BCUT2D eigenvalue weighted by Gasteiger charge is 2.28. The number of urea groups is 1. The third-order valence-electron chi connectivity index (χ3n) is 4.61. The van der Waals surface area contributed by atoms with Crippen molar-refractivity contribution in [1.29, 1.82) is 0 Å². The number of carbonyl (C=O) groups is 2. The van der Waals surface area contributed by atoms with Crippen LogP contribution in [0.15, 0.2) is 47.3 Å². The predicted octanol–water partition coefficient (Wildman–Crippen LogP) is 3.69. The molecule has 4 rings (SSSR count). The topological polar surface area (TPSA) is 115 Å². The first-order chi connectivity index (χ1) is 15.9. The normalized spacial score (nSPS) is 11.0. The molecule has 0 saturated heterocycles. The van der Waals surface area contributed by atoms with E-state index in [4.69, 9.17) is 9.90 Å². The van der Waals surface area contributed by atoms with Gasteiger partial charge in [-0.15, -0.1) is 11.3 Å². The summed E-state index contributed by atoms with van der Waals surface area (Å²) in [5.74, 6) is -2.16. The molecule has 2 amide bonds. The molecule has 0 unspecified atom stereocenters. The predicted molar refractivity (Wildman–Crippen MR) is 120 cm³/mol. The number of H-pyrrole nitrogens is 2. The van der Waals surface area contributed by atoms with E-state index in [-0.39, 0.29) is 6.03 Å². The van der Waals surface area contributed by atoms with Gasteiger partial charge in [0.15, 0.2) is 16.7 Å². The zero-order chi connectivity index (χ0) is 25.0. The maximum atomic E-state index is 12.7. The molecule has 12 heteroatoms. The number of aliphatic carboxylic acids is 1. The molecule has 3 N–H and O–H groups in total. The Labute approximate surface area is 196 Å². The molecule has 2 heterocycles. The molecule has 8 nitrogen and oxygen atoms in total. The van der Waals surface area contributed by atoms with Gasteiger partial charge >= 0.3 is 18.0 Å². The number of aryl methyl sites for hydroxylation is 2. The van der Waals surface area contributed by atoms with Crippen molar-refractivity contribution in [2.45, 2.75) is 20.0 Å². The minimum Gasteiger partial charge on any atom is -0.542 e. The van der Waals surface area contributed by atoms with Gasteiger partial charge in [0.25, 0.3) is 0 Å². The maximum Gasteiger partial charge on any atom is 0.430 e. The second kappa shape index (κ2) is 9.91. The van der Waals surface area contributed by atoms with E-state index in [0.29, 0.717) is 0 Å². The number of nitrogens with zero attached hydrogens (tertiary/aromatic N) is 2. The molecule has 0 fully saturated rings. The number of anilines is 2. The molecule has 0 atom stereocenters. The number of nitrogens with one attached hydrogen (secondary N) is 3. The highest BCUT2D eigenvalue weighted by Crippen LogP contribution is 2.22. The summed E-state index contributed by atoms with van der Waals surface area (Å²) in [7, 11) is 1.77. The highest BCUT2D eigenvalue weighted by molar-refractivity contribution is 7.07. The Morgan fingerprint density at radius 3 is 2.35 bits per heavy atom. The Bertz CT molecular complexity index is 1300. The van der Waals surface area contributed by atoms with E-state index in [9.17, 15) is 18.0 Å². The SMILES string of the molecule is Cc1cc(C)cc(N(C)C(=O)Nc2ccc3[nH+]c(-c4cscn4)[nH]c3c2)c1.O=C([O-])C(F)(F)F. The van der Waals surface area contributed by atoms with Gasteiger partial charge in [-0.05, 0) is 49.2 Å². The van der Waals surface area contributed by atoms with Crippen LogP contribution in [0.25, 0.3) is 22.6 Å². The third kappa shape index (κ3) is 6.10. The van der Waals surface area contributed by atoms with Gasteiger partial charge < -0.3 is 15.2 Å². The van der Waals surface area contributed by atoms with Crippen LogP contribution in [0.4, 0.5) is 29.3 Å². The fraction of sp³-hybridized carbons (Fsp3) is 0.182. The quantitative estimate of drug-likeness (QED) is 0.455. The Balaban J connectivity index is 0.000000406. The van der Waals surface area contributed by atoms with Crippen molar-refractivity contribution in [3.8, 4) is 11.5 Å². The van der Waals surface area contributed by atoms with Gasteiger partial charge in [-0.25, -0.2) is 19.7 Å². The summed E-state index contributed by atoms with van der Waals surface area (Å²) in [5, 5.41) is 13.7. The number of amides is 2. The minimum absolute atomic E-state index is 0.186. The number of hydrogen-bond donors (Lipinski definition) is 2. The highest BCUT2D eigenvalue weighted by atomic mass is 32.1. The van der Waals surface area contributed by atoms with Gasteiger partial charge in [0.05, 0.1) is 5.51 Å². The molecule has 0 aliphatic heterocycles. The van der Waals surface area contributed by atoms with E-state index < -0.39 is 12.1 Å². The molecule has 0 radical (unpaired) electrons. The van der Waals surface area contributed by atoms with Crippen molar-refractivity contribution in [2.24, 2.45) is 0 Å². The number of fused-ring (bicyclic) bond motifs is 1. The van der Waals surface area contributed by atoms with Gasteiger partial charge in [-0.3, -0.25) is 4.90 Å². The van der Waals surface area contributed by atoms with Crippen molar-refractivity contribution < 1.29 is 32.9 Å². The number of aromatic nitrogens is 3. The van der Waals surface area contributed by atoms with E-state index in [0.717, 1.165) is 45.1 Å². The Morgan fingerprint density at radius 2 is 1.79 bits per heavy atom. The number of thiazole rings is 1. The van der Waals surface area contributed by atoms with Crippen LogP contribution in [-0.2, 0) is 4.79 Å². The maximum absolute atomic E-state index is 12.7. The molecule has 0 aliphatic carbocycles. The van der Waals surface area contributed by atoms with E-state index in [1.807, 2.05) is 49.6 Å². The summed E-state index contributed by atoms with van der Waals surface area (Å²) in [4.78, 5) is 34.0. The lowest BCUT2D eigenvalue weighted by atomic mass is 10.1. The van der Waals surface area contributed by atoms with Crippen LogP contribution < -0.4 is 20.3 Å². The smallest absolute Gasteiger partial charge is 0.430 e. The number of imidazole rings is 1. The lowest BCUT2D eigenvalue weighted by Gasteiger charge is -2.19. The molecule has 0 aliphatic rings. The number of carboxylic acid groups (broad SMARTS) is 1. The lowest BCUT2D eigenvalue weighted by Crippen LogP contribution is -2.37. The fourth-order valence-electron chi connectivity index (χ4n) is 3.07. The van der Waals surface area contributed by atoms with Gasteiger partial charge in [-0.2, -0.15) is 13.2 Å². The van der Waals surface area contributed by atoms with Gasteiger partial charge in [0, 0.05) is 29.9 Å². The minimum atomic E-state index is -5.19. The molecule has 0 saturated carbocycles. The summed E-state index contributed by atoms with van der Waals surface area (Å²) >= 11 is 1.55. The summed E-state index contributed by atoms with van der Waals surface area (Å²) in [6, 6.07) is 11.6. The van der Waals surface area contributed by atoms with Crippen LogP contribution in [0.5, 0.6) is 0 Å². The van der Waals surface area contributed by atoms with Crippen LogP contribution in [0, 0.1) is 13.8 Å². The van der Waals surface area contributed by atoms with Crippen LogP contribution in [0.1, 0.15) is 11.1 Å². The van der Waals surface area contributed by atoms with Crippen LogP contribution >= 0.6 is 11.3 Å². The zero-order valence-electron chi connectivity index (χ0n) is 18.3. The number of rotatable bonds is 3. The zero-order valence-corrected chi connectivity index (χ0v) is 19.1. The fourth-order valence-corrected chi connectivity index (χ4v) is 3.61. The van der Waals surface area contributed by atoms with Crippen molar-refractivity contribution in [3.63, 3.8) is 0 Å². The summed E-state index contributed by atoms with van der Waals surface area (Å²) in [6.45, 7) is 4.05.